The summed E-state index contributed by atoms with van der Waals surface area (Å²) in [4.78, 5) is 47.6. The lowest BCUT2D eigenvalue weighted by Gasteiger charge is -2.25. The topological polar surface area (TPSA) is 95.1 Å². The van der Waals surface area contributed by atoms with Crippen molar-refractivity contribution in [3.63, 3.8) is 0 Å². The van der Waals surface area contributed by atoms with Crippen molar-refractivity contribution in [3.8, 4) is 5.75 Å². The van der Waals surface area contributed by atoms with Crippen LogP contribution in [-0.2, 0) is 20.9 Å². The molecule has 0 spiro atoms. The molecule has 43 heavy (non-hydrogen) atoms. The van der Waals surface area contributed by atoms with Gasteiger partial charge in [-0.25, -0.2) is 9.79 Å². The summed E-state index contributed by atoms with van der Waals surface area (Å²) in [5.74, 6) is 0.199. The minimum atomic E-state index is -0.737. The van der Waals surface area contributed by atoms with E-state index in [0.717, 1.165) is 42.4 Å². The van der Waals surface area contributed by atoms with Crippen molar-refractivity contribution in [2.45, 2.75) is 52.3 Å². The number of ether oxygens (including phenoxy) is 2. The molecule has 2 aromatic carbocycles. The van der Waals surface area contributed by atoms with Gasteiger partial charge in [-0.05, 0) is 63.5 Å². The zero-order valence-corrected chi connectivity index (χ0v) is 25.5. The number of likely N-dealkylation sites (tertiary alicyclic amines) is 1. The van der Waals surface area contributed by atoms with Crippen molar-refractivity contribution in [1.82, 2.24) is 14.0 Å². The molecule has 2 aromatic heterocycles. The molecular weight excluding hydrogens is 564 g/mol. The number of carbonyl (C=O) groups excluding carboxylic acids is 2. The zero-order chi connectivity index (χ0) is 30.2. The summed E-state index contributed by atoms with van der Waals surface area (Å²) in [5.41, 5.74) is 3.04. The Morgan fingerprint density at radius 2 is 1.88 bits per heavy atom. The maximum Gasteiger partial charge on any atom is 0.338 e. The first-order valence-electron chi connectivity index (χ1n) is 14.5. The quantitative estimate of drug-likeness (QED) is 0.302. The van der Waals surface area contributed by atoms with Crippen LogP contribution in [0.4, 0.5) is 0 Å². The van der Waals surface area contributed by atoms with Crippen molar-refractivity contribution < 1.29 is 19.1 Å². The summed E-state index contributed by atoms with van der Waals surface area (Å²) in [7, 11) is 1.58. The average Bonchev–Trinajstić information content (AvgIpc) is 3.71. The second-order valence-electron chi connectivity index (χ2n) is 11.1. The molecule has 10 heteroatoms. The lowest BCUT2D eigenvalue weighted by molar-refractivity contribution is -0.143. The third kappa shape index (κ3) is 5.43. The fourth-order valence-corrected chi connectivity index (χ4v) is 6.90. The Kier molecular flexibility index (Phi) is 7.79. The Bertz CT molecular complexity index is 1940. The summed E-state index contributed by atoms with van der Waals surface area (Å²) < 4.78 is 15.1. The number of hydrogen-bond donors (Lipinski definition) is 0. The highest BCUT2D eigenvalue weighted by Crippen LogP contribution is 2.32. The molecule has 2 aliphatic rings. The summed E-state index contributed by atoms with van der Waals surface area (Å²) in [6.45, 7) is 7.19. The van der Waals surface area contributed by atoms with Gasteiger partial charge in [0.1, 0.15) is 12.3 Å². The van der Waals surface area contributed by atoms with Gasteiger partial charge >= 0.3 is 5.97 Å². The van der Waals surface area contributed by atoms with Gasteiger partial charge in [-0.1, -0.05) is 41.7 Å². The standard InChI is InChI=1S/C33H34N4O5S/c1-20(2)42-32(40)29-21(3)34-33-37(30(29)22-10-9-11-24(16-22)41-4)31(39)27(43-33)17-23-18-36(26-13-6-5-12-25(23)26)19-28(38)35-14-7-8-15-35/h5-6,9-13,16-18,20,30H,7-8,14-15,19H2,1-4H3/b27-17-/t30-/m0/s1. The van der Waals surface area contributed by atoms with E-state index in [2.05, 4.69) is 0 Å². The average molecular weight is 599 g/mol. The fourth-order valence-electron chi connectivity index (χ4n) is 5.86. The van der Waals surface area contributed by atoms with Crippen molar-refractivity contribution >= 4 is 40.2 Å². The molecule has 2 aliphatic heterocycles. The van der Waals surface area contributed by atoms with Gasteiger partial charge < -0.3 is 18.9 Å². The molecular formula is C33H34N4O5S. The number of amides is 1. The number of carbonyl (C=O) groups is 2. The van der Waals surface area contributed by atoms with Crippen molar-refractivity contribution in [2.75, 3.05) is 20.2 Å². The number of fused-ring (bicyclic) bond motifs is 2. The normalized spacial score (nSPS) is 17.0. The highest BCUT2D eigenvalue weighted by molar-refractivity contribution is 7.07. The predicted molar refractivity (Wildman–Crippen MR) is 166 cm³/mol. The van der Waals surface area contributed by atoms with E-state index in [1.54, 1.807) is 32.4 Å². The van der Waals surface area contributed by atoms with Gasteiger partial charge in [0.05, 0.1) is 35.1 Å². The Balaban J connectivity index is 1.48. The summed E-state index contributed by atoms with van der Waals surface area (Å²) in [6.07, 6.45) is 5.54. The third-order valence-corrected chi connectivity index (χ3v) is 8.85. The Hall–Kier alpha value is -4.44. The molecule has 0 saturated carbocycles. The number of thiazole rings is 1. The van der Waals surface area contributed by atoms with E-state index >= 15 is 0 Å². The minimum absolute atomic E-state index is 0.0961. The van der Waals surface area contributed by atoms with E-state index in [0.29, 0.717) is 31.9 Å². The second-order valence-corrected chi connectivity index (χ2v) is 12.1. The molecule has 9 nitrogen and oxygen atoms in total. The molecule has 0 radical (unpaired) electrons. The van der Waals surface area contributed by atoms with Gasteiger partial charge in [0.25, 0.3) is 5.56 Å². The zero-order valence-electron chi connectivity index (χ0n) is 24.7. The fraction of sp³-hybridized carbons (Fsp3) is 0.333. The molecule has 0 N–H and O–H groups in total. The molecule has 6 rings (SSSR count). The van der Waals surface area contributed by atoms with Gasteiger partial charge in [-0.15, -0.1) is 0 Å². The molecule has 0 unspecified atom stereocenters. The van der Waals surface area contributed by atoms with Crippen LogP contribution in [0.1, 0.15) is 50.8 Å². The Labute approximate surface area is 253 Å². The molecule has 1 saturated heterocycles. The lowest BCUT2D eigenvalue weighted by atomic mass is 9.95. The van der Waals surface area contributed by atoms with Crippen molar-refractivity contribution in [3.05, 3.63) is 96.8 Å². The highest BCUT2D eigenvalue weighted by Gasteiger charge is 2.34. The maximum atomic E-state index is 14.2. The highest BCUT2D eigenvalue weighted by atomic mass is 32.1. The number of esters is 1. The summed E-state index contributed by atoms with van der Waals surface area (Å²) in [5, 5.41) is 0.948. The number of aromatic nitrogens is 2. The predicted octanol–water partition coefficient (Wildman–Crippen LogP) is 3.77. The van der Waals surface area contributed by atoms with E-state index in [9.17, 15) is 14.4 Å². The molecule has 4 heterocycles. The Morgan fingerprint density at radius 3 is 2.63 bits per heavy atom. The maximum absolute atomic E-state index is 14.2. The van der Waals surface area contributed by atoms with Crippen LogP contribution in [0.5, 0.6) is 5.75 Å². The van der Waals surface area contributed by atoms with Gasteiger partial charge in [-0.2, -0.15) is 0 Å². The van der Waals surface area contributed by atoms with Gasteiger partial charge in [0.15, 0.2) is 4.80 Å². The van der Waals surface area contributed by atoms with Crippen molar-refractivity contribution in [1.29, 1.82) is 0 Å². The van der Waals surface area contributed by atoms with Crippen LogP contribution < -0.4 is 19.6 Å². The number of hydrogen-bond acceptors (Lipinski definition) is 7. The molecule has 1 amide bonds. The number of allylic oxidation sites excluding steroid dienone is 1. The Morgan fingerprint density at radius 1 is 1.12 bits per heavy atom. The van der Waals surface area contributed by atoms with Gasteiger partial charge in [0, 0.05) is 35.8 Å². The van der Waals surface area contributed by atoms with Crippen LogP contribution in [0, 0.1) is 0 Å². The number of benzene rings is 2. The molecule has 222 valence electrons. The van der Waals surface area contributed by atoms with Gasteiger partial charge in [0.2, 0.25) is 5.91 Å². The smallest absolute Gasteiger partial charge is 0.338 e. The first-order chi connectivity index (χ1) is 20.7. The monoisotopic (exact) mass is 598 g/mol. The van der Waals surface area contributed by atoms with Crippen LogP contribution in [0.15, 0.2) is 75.8 Å². The number of rotatable bonds is 7. The first-order valence-corrected chi connectivity index (χ1v) is 15.3. The SMILES string of the molecule is COc1cccc([C@H]2C(C(=O)OC(C)C)=C(C)N=c3s/c(=C\c4cn(CC(=O)N5CCCC5)c5ccccc45)c(=O)n32)c1. The molecule has 1 fully saturated rings. The largest absolute Gasteiger partial charge is 0.497 e. The molecule has 4 aromatic rings. The van der Waals surface area contributed by atoms with Crippen LogP contribution in [0.2, 0.25) is 0 Å². The number of nitrogens with zero attached hydrogens (tertiary/aromatic N) is 4. The number of para-hydroxylation sites is 1. The minimum Gasteiger partial charge on any atom is -0.497 e. The van der Waals surface area contributed by atoms with Crippen LogP contribution >= 0.6 is 11.3 Å². The lowest BCUT2D eigenvalue weighted by Crippen LogP contribution is -2.40. The number of methoxy groups -OCH3 is 1. The van der Waals surface area contributed by atoms with Crippen LogP contribution in [0.3, 0.4) is 0 Å². The summed E-state index contributed by atoms with van der Waals surface area (Å²) >= 11 is 1.27. The third-order valence-electron chi connectivity index (χ3n) is 7.86. The molecule has 1 atom stereocenters. The van der Waals surface area contributed by atoms with E-state index in [1.165, 1.54) is 11.3 Å². The summed E-state index contributed by atoms with van der Waals surface area (Å²) in [6, 6.07) is 14.5. The molecule has 0 aliphatic carbocycles. The van der Waals surface area contributed by atoms with Crippen LogP contribution in [-0.4, -0.2) is 52.2 Å². The van der Waals surface area contributed by atoms with E-state index in [4.69, 9.17) is 14.5 Å². The van der Waals surface area contributed by atoms with E-state index < -0.39 is 12.0 Å². The molecule has 0 bridgehead atoms. The van der Waals surface area contributed by atoms with Gasteiger partial charge in [-0.3, -0.25) is 14.2 Å². The second kappa shape index (κ2) is 11.7. The van der Waals surface area contributed by atoms with Crippen LogP contribution in [0.25, 0.3) is 17.0 Å². The first kappa shape index (κ1) is 28.7. The van der Waals surface area contributed by atoms with E-state index in [1.807, 2.05) is 70.3 Å². The van der Waals surface area contributed by atoms with Crippen molar-refractivity contribution in [2.24, 2.45) is 4.99 Å². The van der Waals surface area contributed by atoms with E-state index in [-0.39, 0.29) is 24.1 Å².